The number of hydrogen-bond acceptors (Lipinski definition) is 3. The SMILES string of the molecule is O=C(c1cc(F)ccc1Cl)N1CCC(c2nc(C3CC3)n[nH]2)CC1. The number of halogens is 2. The van der Waals surface area contributed by atoms with Crippen molar-refractivity contribution in [3.63, 3.8) is 0 Å². The molecule has 1 aromatic carbocycles. The summed E-state index contributed by atoms with van der Waals surface area (Å²) >= 11 is 6.04. The van der Waals surface area contributed by atoms with Gasteiger partial charge in [0.15, 0.2) is 5.82 Å². The molecule has 7 heteroatoms. The normalized spacial score (nSPS) is 18.8. The largest absolute Gasteiger partial charge is 0.339 e. The molecule has 0 unspecified atom stereocenters. The summed E-state index contributed by atoms with van der Waals surface area (Å²) < 4.78 is 13.4. The Balaban J connectivity index is 1.41. The van der Waals surface area contributed by atoms with Gasteiger partial charge >= 0.3 is 0 Å². The van der Waals surface area contributed by atoms with E-state index < -0.39 is 5.82 Å². The summed E-state index contributed by atoms with van der Waals surface area (Å²) in [5, 5.41) is 7.64. The minimum absolute atomic E-state index is 0.214. The highest BCUT2D eigenvalue weighted by Gasteiger charge is 2.31. The van der Waals surface area contributed by atoms with Gasteiger partial charge in [0.1, 0.15) is 11.6 Å². The van der Waals surface area contributed by atoms with Crippen LogP contribution < -0.4 is 0 Å². The number of nitrogens with one attached hydrogen (secondary N) is 1. The van der Waals surface area contributed by atoms with Gasteiger partial charge < -0.3 is 4.90 Å². The van der Waals surface area contributed by atoms with Gasteiger partial charge in [0.05, 0.1) is 10.6 Å². The Morgan fingerprint density at radius 2 is 1.96 bits per heavy atom. The van der Waals surface area contributed by atoms with Crippen molar-refractivity contribution >= 4 is 17.5 Å². The van der Waals surface area contributed by atoms with E-state index in [0.717, 1.165) is 24.5 Å². The number of aromatic amines is 1. The van der Waals surface area contributed by atoms with Crippen LogP contribution in [-0.4, -0.2) is 39.1 Å². The first-order valence-electron chi connectivity index (χ1n) is 8.28. The standard InChI is InChI=1S/C17H18ClFN4O/c18-14-4-3-12(19)9-13(14)17(24)23-7-5-11(6-8-23)16-20-15(21-22-16)10-1-2-10/h3-4,9-11H,1-2,5-8H2,(H,20,21,22). The number of H-pyrrole nitrogens is 1. The molecule has 5 nitrogen and oxygen atoms in total. The molecule has 1 saturated carbocycles. The third-order valence-corrected chi connectivity index (χ3v) is 5.12. The lowest BCUT2D eigenvalue weighted by atomic mass is 9.95. The Morgan fingerprint density at radius 3 is 2.67 bits per heavy atom. The van der Waals surface area contributed by atoms with Crippen LogP contribution in [0, 0.1) is 5.82 Å². The molecule has 4 rings (SSSR count). The zero-order valence-electron chi connectivity index (χ0n) is 13.1. The van der Waals surface area contributed by atoms with Crippen molar-refractivity contribution in [2.75, 3.05) is 13.1 Å². The molecule has 1 amide bonds. The number of benzene rings is 1. The van der Waals surface area contributed by atoms with Crippen LogP contribution in [0.2, 0.25) is 5.02 Å². The van der Waals surface area contributed by atoms with Crippen molar-refractivity contribution in [2.24, 2.45) is 0 Å². The first-order valence-corrected chi connectivity index (χ1v) is 8.66. The highest BCUT2D eigenvalue weighted by atomic mass is 35.5. The van der Waals surface area contributed by atoms with Crippen molar-refractivity contribution in [2.45, 2.75) is 37.5 Å². The Kier molecular flexibility index (Phi) is 4.00. The summed E-state index contributed by atoms with van der Waals surface area (Å²) in [4.78, 5) is 18.9. The molecule has 0 bridgehead atoms. The quantitative estimate of drug-likeness (QED) is 0.923. The fourth-order valence-electron chi connectivity index (χ4n) is 3.18. The molecular weight excluding hydrogens is 331 g/mol. The number of hydrogen-bond donors (Lipinski definition) is 1. The van der Waals surface area contributed by atoms with E-state index in [-0.39, 0.29) is 22.4 Å². The molecule has 1 aromatic heterocycles. The molecule has 0 atom stereocenters. The van der Waals surface area contributed by atoms with Gasteiger partial charge in [-0.2, -0.15) is 5.10 Å². The van der Waals surface area contributed by atoms with Crippen LogP contribution in [0.1, 0.15) is 59.5 Å². The molecule has 1 aliphatic carbocycles. The van der Waals surface area contributed by atoms with E-state index in [1.165, 1.54) is 31.0 Å². The van der Waals surface area contributed by atoms with E-state index >= 15 is 0 Å². The number of rotatable bonds is 3. The Morgan fingerprint density at radius 1 is 1.21 bits per heavy atom. The van der Waals surface area contributed by atoms with Gasteiger partial charge in [0.2, 0.25) is 0 Å². The number of amides is 1. The van der Waals surface area contributed by atoms with Crippen molar-refractivity contribution in [3.05, 3.63) is 46.3 Å². The Hall–Kier alpha value is -1.95. The first-order chi connectivity index (χ1) is 11.6. The average molecular weight is 349 g/mol. The summed E-state index contributed by atoms with van der Waals surface area (Å²) in [7, 11) is 0. The van der Waals surface area contributed by atoms with E-state index in [1.54, 1.807) is 4.90 Å². The summed E-state index contributed by atoms with van der Waals surface area (Å²) in [6, 6.07) is 3.88. The number of carbonyl (C=O) groups is 1. The molecule has 126 valence electrons. The van der Waals surface area contributed by atoms with E-state index in [9.17, 15) is 9.18 Å². The lowest BCUT2D eigenvalue weighted by Gasteiger charge is -2.31. The average Bonchev–Trinajstić information content (AvgIpc) is 3.34. The van der Waals surface area contributed by atoms with Crippen LogP contribution in [0.5, 0.6) is 0 Å². The van der Waals surface area contributed by atoms with Gasteiger partial charge in [-0.25, -0.2) is 9.37 Å². The van der Waals surface area contributed by atoms with Crippen LogP contribution in [0.15, 0.2) is 18.2 Å². The monoisotopic (exact) mass is 348 g/mol. The molecule has 2 heterocycles. The number of aromatic nitrogens is 3. The Labute approximate surface area is 144 Å². The number of piperidine rings is 1. The molecule has 2 fully saturated rings. The third-order valence-electron chi connectivity index (χ3n) is 4.79. The van der Waals surface area contributed by atoms with Gasteiger partial charge in [0, 0.05) is 24.9 Å². The maximum atomic E-state index is 13.4. The maximum Gasteiger partial charge on any atom is 0.255 e. The summed E-state index contributed by atoms with van der Waals surface area (Å²) in [6.45, 7) is 1.21. The van der Waals surface area contributed by atoms with E-state index in [4.69, 9.17) is 11.6 Å². The van der Waals surface area contributed by atoms with Gasteiger partial charge in [-0.1, -0.05) is 11.6 Å². The molecular formula is C17H18ClFN4O. The summed E-state index contributed by atoms with van der Waals surface area (Å²) in [5.41, 5.74) is 0.228. The van der Waals surface area contributed by atoms with E-state index in [2.05, 4.69) is 15.2 Å². The van der Waals surface area contributed by atoms with Crippen molar-refractivity contribution in [1.29, 1.82) is 0 Å². The molecule has 0 spiro atoms. The minimum Gasteiger partial charge on any atom is -0.339 e. The zero-order chi connectivity index (χ0) is 16.7. The molecule has 1 saturated heterocycles. The molecule has 2 aliphatic rings. The van der Waals surface area contributed by atoms with Gasteiger partial charge in [-0.3, -0.25) is 9.89 Å². The van der Waals surface area contributed by atoms with Crippen LogP contribution in [0.3, 0.4) is 0 Å². The van der Waals surface area contributed by atoms with E-state index in [0.29, 0.717) is 19.0 Å². The second kappa shape index (κ2) is 6.16. The van der Waals surface area contributed by atoms with Crippen LogP contribution >= 0.6 is 11.6 Å². The molecule has 0 radical (unpaired) electrons. The third kappa shape index (κ3) is 3.02. The lowest BCUT2D eigenvalue weighted by Crippen LogP contribution is -2.38. The fraction of sp³-hybridized carbons (Fsp3) is 0.471. The minimum atomic E-state index is -0.452. The van der Waals surface area contributed by atoms with Gasteiger partial charge in [-0.15, -0.1) is 0 Å². The Bertz CT molecular complexity index is 766. The number of carbonyl (C=O) groups excluding carboxylic acids is 1. The fourth-order valence-corrected chi connectivity index (χ4v) is 3.38. The van der Waals surface area contributed by atoms with Crippen LogP contribution in [0.4, 0.5) is 4.39 Å². The van der Waals surface area contributed by atoms with Crippen molar-refractivity contribution < 1.29 is 9.18 Å². The topological polar surface area (TPSA) is 61.9 Å². The molecule has 1 aliphatic heterocycles. The lowest BCUT2D eigenvalue weighted by molar-refractivity contribution is 0.0711. The van der Waals surface area contributed by atoms with Gasteiger partial charge in [-0.05, 0) is 43.9 Å². The van der Waals surface area contributed by atoms with Crippen LogP contribution in [0.25, 0.3) is 0 Å². The molecule has 24 heavy (non-hydrogen) atoms. The van der Waals surface area contributed by atoms with E-state index in [1.807, 2.05) is 0 Å². The first kappa shape index (κ1) is 15.6. The van der Waals surface area contributed by atoms with Crippen molar-refractivity contribution in [1.82, 2.24) is 20.1 Å². The van der Waals surface area contributed by atoms with Crippen molar-refractivity contribution in [3.8, 4) is 0 Å². The molecule has 2 aromatic rings. The van der Waals surface area contributed by atoms with Crippen LogP contribution in [-0.2, 0) is 0 Å². The maximum absolute atomic E-state index is 13.4. The van der Waals surface area contributed by atoms with Gasteiger partial charge in [0.25, 0.3) is 5.91 Å². The number of nitrogens with zero attached hydrogens (tertiary/aromatic N) is 3. The second-order valence-corrected chi connectivity index (χ2v) is 6.95. The zero-order valence-corrected chi connectivity index (χ0v) is 13.9. The summed E-state index contributed by atoms with van der Waals surface area (Å²) in [5.74, 6) is 2.01. The smallest absolute Gasteiger partial charge is 0.255 e. The predicted molar refractivity (Wildman–Crippen MR) is 87.6 cm³/mol. The highest BCUT2D eigenvalue weighted by Crippen LogP contribution is 2.38. The second-order valence-electron chi connectivity index (χ2n) is 6.54. The summed E-state index contributed by atoms with van der Waals surface area (Å²) in [6.07, 6.45) is 3.99. The molecule has 1 N–H and O–H groups in total. The predicted octanol–water partition coefficient (Wildman–Crippen LogP) is 3.49. The highest BCUT2D eigenvalue weighted by molar-refractivity contribution is 6.33. The number of likely N-dealkylation sites (tertiary alicyclic amines) is 1.